The molecule has 1 aromatic carbocycles. The highest BCUT2D eigenvalue weighted by Crippen LogP contribution is 2.19. The third-order valence-electron chi connectivity index (χ3n) is 5.19. The van der Waals surface area contributed by atoms with Crippen molar-refractivity contribution in [3.05, 3.63) is 36.0 Å². The quantitative estimate of drug-likeness (QED) is 0.310. The molecule has 7 nitrogen and oxygen atoms in total. The second-order valence-electron chi connectivity index (χ2n) is 7.09. The highest BCUT2D eigenvalue weighted by atomic mass is 127. The molecule has 0 atom stereocenters. The topological polar surface area (TPSA) is 89.6 Å². The van der Waals surface area contributed by atoms with Gasteiger partial charge in [-0.25, -0.2) is 12.7 Å². The molecule has 1 aromatic heterocycles. The van der Waals surface area contributed by atoms with Crippen molar-refractivity contribution in [1.82, 2.24) is 19.9 Å². The molecule has 3 N–H and O–H groups in total. The van der Waals surface area contributed by atoms with Gasteiger partial charge in [0, 0.05) is 50.3 Å². The van der Waals surface area contributed by atoms with Crippen LogP contribution in [0.3, 0.4) is 0 Å². The highest BCUT2D eigenvalue weighted by Gasteiger charge is 2.24. The average Bonchev–Trinajstić information content (AvgIpc) is 3.07. The molecule has 9 heteroatoms. The lowest BCUT2D eigenvalue weighted by Crippen LogP contribution is -2.44. The lowest BCUT2D eigenvalue weighted by atomic mass is 9.98. The van der Waals surface area contributed by atoms with Crippen molar-refractivity contribution < 1.29 is 8.42 Å². The van der Waals surface area contributed by atoms with Crippen molar-refractivity contribution in [2.75, 3.05) is 39.5 Å². The van der Waals surface area contributed by atoms with Gasteiger partial charge in [-0.3, -0.25) is 4.99 Å². The molecule has 1 aliphatic rings. The van der Waals surface area contributed by atoms with Crippen LogP contribution >= 0.6 is 24.0 Å². The summed E-state index contributed by atoms with van der Waals surface area (Å²) in [5.74, 6) is 1.26. The van der Waals surface area contributed by atoms with Crippen molar-refractivity contribution >= 4 is 50.9 Å². The summed E-state index contributed by atoms with van der Waals surface area (Å²) in [6.07, 6.45) is 6.03. The van der Waals surface area contributed by atoms with Crippen LogP contribution in [0.1, 0.15) is 18.4 Å². The van der Waals surface area contributed by atoms with Crippen molar-refractivity contribution in [3.8, 4) is 0 Å². The smallest absolute Gasteiger partial charge is 0.211 e. The van der Waals surface area contributed by atoms with E-state index in [1.807, 2.05) is 6.07 Å². The maximum Gasteiger partial charge on any atom is 0.211 e. The maximum absolute atomic E-state index is 11.6. The van der Waals surface area contributed by atoms with Crippen LogP contribution in [-0.4, -0.2) is 63.1 Å². The van der Waals surface area contributed by atoms with Crippen LogP contribution in [0.2, 0.25) is 0 Å². The highest BCUT2D eigenvalue weighted by molar-refractivity contribution is 14.0. The first-order valence-electron chi connectivity index (χ1n) is 9.42. The van der Waals surface area contributed by atoms with E-state index in [9.17, 15) is 8.42 Å². The van der Waals surface area contributed by atoms with Crippen molar-refractivity contribution in [1.29, 1.82) is 0 Å². The Morgan fingerprint density at radius 2 is 1.96 bits per heavy atom. The number of hydrogen-bond acceptors (Lipinski definition) is 3. The predicted molar refractivity (Wildman–Crippen MR) is 126 cm³/mol. The van der Waals surface area contributed by atoms with Gasteiger partial charge in [0.15, 0.2) is 5.96 Å². The maximum atomic E-state index is 11.6. The van der Waals surface area contributed by atoms with Crippen LogP contribution in [0.4, 0.5) is 0 Å². The van der Waals surface area contributed by atoms with Gasteiger partial charge in [-0.15, -0.1) is 24.0 Å². The molecule has 0 saturated carbocycles. The number of H-pyrrole nitrogens is 1. The summed E-state index contributed by atoms with van der Waals surface area (Å²) in [5, 5.41) is 8.00. The summed E-state index contributed by atoms with van der Waals surface area (Å²) in [4.78, 5) is 7.59. The molecule has 0 bridgehead atoms. The number of benzene rings is 1. The first-order valence-corrected chi connectivity index (χ1v) is 11.3. The molecule has 3 rings (SSSR count). The Hall–Kier alpha value is -1.33. The number of nitrogens with zero attached hydrogens (tertiary/aromatic N) is 2. The van der Waals surface area contributed by atoms with E-state index in [0.717, 1.165) is 43.8 Å². The Bertz CT molecular complexity index is 889. The summed E-state index contributed by atoms with van der Waals surface area (Å²) in [6.45, 7) is 2.83. The Kier molecular flexibility index (Phi) is 8.56. The molecule has 156 valence electrons. The van der Waals surface area contributed by atoms with Crippen LogP contribution in [0.5, 0.6) is 0 Å². The van der Waals surface area contributed by atoms with E-state index in [1.54, 1.807) is 11.4 Å². The van der Waals surface area contributed by atoms with Gasteiger partial charge in [-0.05, 0) is 36.8 Å². The number of aromatic nitrogens is 1. The van der Waals surface area contributed by atoms with E-state index < -0.39 is 10.0 Å². The van der Waals surface area contributed by atoms with Crippen LogP contribution in [0, 0.1) is 5.92 Å². The lowest BCUT2D eigenvalue weighted by Gasteiger charge is -2.30. The molecule has 0 radical (unpaired) electrons. The van der Waals surface area contributed by atoms with Crippen LogP contribution in [0.25, 0.3) is 10.9 Å². The van der Waals surface area contributed by atoms with E-state index in [-0.39, 0.29) is 24.0 Å². The first-order chi connectivity index (χ1) is 13.0. The van der Waals surface area contributed by atoms with Gasteiger partial charge in [-0.1, -0.05) is 18.2 Å². The van der Waals surface area contributed by atoms with Crippen molar-refractivity contribution in [3.63, 3.8) is 0 Å². The largest absolute Gasteiger partial charge is 0.361 e. The SMILES string of the molecule is CN=C(NCCc1c[nH]c2ccccc12)NCC1CCN(S(C)(=O)=O)CC1.I. The molecule has 2 aromatic rings. The molecular weight excluding hydrogens is 489 g/mol. The molecular formula is C19H30IN5O2S. The third-order valence-corrected chi connectivity index (χ3v) is 6.49. The summed E-state index contributed by atoms with van der Waals surface area (Å²) < 4.78 is 24.7. The molecule has 0 amide bonds. The number of fused-ring (bicyclic) bond motifs is 1. The van der Waals surface area contributed by atoms with E-state index in [1.165, 1.54) is 17.2 Å². The predicted octanol–water partition coefficient (Wildman–Crippen LogP) is 2.17. The summed E-state index contributed by atoms with van der Waals surface area (Å²) in [7, 11) is -1.29. The number of sulfonamides is 1. The fourth-order valence-corrected chi connectivity index (χ4v) is 4.43. The molecule has 1 aliphatic heterocycles. The average molecular weight is 519 g/mol. The molecule has 1 fully saturated rings. The minimum absolute atomic E-state index is 0. The van der Waals surface area contributed by atoms with Gasteiger partial charge >= 0.3 is 0 Å². The van der Waals surface area contributed by atoms with Gasteiger partial charge < -0.3 is 15.6 Å². The molecule has 0 aliphatic carbocycles. The summed E-state index contributed by atoms with van der Waals surface area (Å²) in [5.41, 5.74) is 2.46. The number of aliphatic imine (C=N–C) groups is 1. The molecule has 0 spiro atoms. The molecule has 28 heavy (non-hydrogen) atoms. The Morgan fingerprint density at radius 3 is 2.64 bits per heavy atom. The van der Waals surface area contributed by atoms with Gasteiger partial charge in [0.2, 0.25) is 10.0 Å². The number of rotatable bonds is 6. The van der Waals surface area contributed by atoms with E-state index in [4.69, 9.17) is 0 Å². The van der Waals surface area contributed by atoms with Gasteiger partial charge in [0.1, 0.15) is 0 Å². The normalized spacial score (nSPS) is 16.7. The Balaban J connectivity index is 0.00000280. The Labute approximate surface area is 184 Å². The van der Waals surface area contributed by atoms with Gasteiger partial charge in [0.05, 0.1) is 6.26 Å². The molecule has 2 heterocycles. The third kappa shape index (κ3) is 6.08. The number of halogens is 1. The van der Waals surface area contributed by atoms with E-state index in [2.05, 4.69) is 45.0 Å². The zero-order valence-corrected chi connectivity index (χ0v) is 19.6. The van der Waals surface area contributed by atoms with Gasteiger partial charge in [0.25, 0.3) is 0 Å². The van der Waals surface area contributed by atoms with E-state index in [0.29, 0.717) is 19.0 Å². The number of nitrogens with one attached hydrogen (secondary N) is 3. The van der Waals surface area contributed by atoms with Crippen LogP contribution < -0.4 is 10.6 Å². The first kappa shape index (κ1) is 23.0. The standard InChI is InChI=1S/C19H29N5O2S.HI/c1-20-19(23-13-15-8-11-24(12-9-15)27(2,25)26)21-10-7-16-14-22-18-6-4-3-5-17(16)18;/h3-6,14-15,22H,7-13H2,1-2H3,(H2,20,21,23);1H. The second kappa shape index (κ2) is 10.4. The van der Waals surface area contributed by atoms with Crippen LogP contribution in [-0.2, 0) is 16.4 Å². The lowest BCUT2D eigenvalue weighted by molar-refractivity contribution is 0.275. The fraction of sp³-hybridized carbons (Fsp3) is 0.526. The Morgan fingerprint density at radius 1 is 1.25 bits per heavy atom. The minimum atomic E-state index is -3.06. The second-order valence-corrected chi connectivity index (χ2v) is 9.08. The number of aromatic amines is 1. The zero-order chi connectivity index (χ0) is 19.3. The van der Waals surface area contributed by atoms with Crippen LogP contribution in [0.15, 0.2) is 35.5 Å². The fourth-order valence-electron chi connectivity index (χ4n) is 3.56. The number of guanidine groups is 1. The van der Waals surface area contributed by atoms with Gasteiger partial charge in [-0.2, -0.15) is 0 Å². The van der Waals surface area contributed by atoms with E-state index >= 15 is 0 Å². The van der Waals surface area contributed by atoms with Crippen molar-refractivity contribution in [2.45, 2.75) is 19.3 Å². The minimum Gasteiger partial charge on any atom is -0.361 e. The zero-order valence-electron chi connectivity index (χ0n) is 16.4. The monoisotopic (exact) mass is 519 g/mol. The molecule has 0 unspecified atom stereocenters. The number of para-hydroxylation sites is 1. The number of piperidine rings is 1. The summed E-state index contributed by atoms with van der Waals surface area (Å²) in [6, 6.07) is 8.31. The number of hydrogen-bond donors (Lipinski definition) is 3. The summed E-state index contributed by atoms with van der Waals surface area (Å²) >= 11 is 0. The van der Waals surface area contributed by atoms with Crippen molar-refractivity contribution in [2.24, 2.45) is 10.9 Å². The molecule has 1 saturated heterocycles.